The van der Waals surface area contributed by atoms with Crippen LogP contribution in [0, 0.1) is 25.2 Å². The fourth-order valence-electron chi connectivity index (χ4n) is 2.19. The molecule has 1 heterocycles. The molecule has 0 saturated heterocycles. The first-order valence-electron chi connectivity index (χ1n) is 7.28. The third-order valence-corrected chi connectivity index (χ3v) is 3.49. The number of carbonyl (C=O) groups is 2. The highest BCUT2D eigenvalue weighted by atomic mass is 16.6. The fraction of sp³-hybridized carbons (Fsp3) is 0.294. The van der Waals surface area contributed by atoms with Gasteiger partial charge in [-0.05, 0) is 38.1 Å². The van der Waals surface area contributed by atoms with E-state index in [-0.39, 0.29) is 18.8 Å². The van der Waals surface area contributed by atoms with Crippen LogP contribution in [0.5, 0.6) is 5.75 Å². The zero-order valence-corrected chi connectivity index (χ0v) is 13.7. The maximum Gasteiger partial charge on any atom is 0.379 e. The Balaban J connectivity index is 1.84. The van der Waals surface area contributed by atoms with Gasteiger partial charge in [0, 0.05) is 12.7 Å². The Morgan fingerprint density at radius 2 is 1.88 bits per heavy atom. The third kappa shape index (κ3) is 3.79. The summed E-state index contributed by atoms with van der Waals surface area (Å²) >= 11 is 0. The molecule has 0 saturated carbocycles. The quantitative estimate of drug-likeness (QED) is 0.347. The van der Waals surface area contributed by atoms with Gasteiger partial charge in [-0.2, -0.15) is 10.4 Å². The van der Waals surface area contributed by atoms with Crippen molar-refractivity contribution in [3.8, 4) is 11.8 Å². The second-order valence-electron chi connectivity index (χ2n) is 5.12. The van der Waals surface area contributed by atoms with Crippen LogP contribution in [0.4, 0.5) is 0 Å². The molecule has 1 aromatic carbocycles. The van der Waals surface area contributed by atoms with Gasteiger partial charge >= 0.3 is 5.97 Å². The Hall–Kier alpha value is -3.14. The Morgan fingerprint density at radius 1 is 1.21 bits per heavy atom. The molecule has 1 aromatic heterocycles. The summed E-state index contributed by atoms with van der Waals surface area (Å²) in [6.07, 6.45) is 0. The Labute approximate surface area is 139 Å². The first kappa shape index (κ1) is 17.2. The van der Waals surface area contributed by atoms with Crippen molar-refractivity contribution in [1.82, 2.24) is 9.78 Å². The minimum Gasteiger partial charge on any atom is -0.490 e. The molecule has 0 N–H and O–H groups in total. The first-order valence-corrected chi connectivity index (χ1v) is 7.28. The number of Topliss-reactive ketones (excluding diaryl/α,β-unsaturated/α-hetero) is 1. The second kappa shape index (κ2) is 7.42. The highest BCUT2D eigenvalue weighted by Gasteiger charge is 2.25. The van der Waals surface area contributed by atoms with Gasteiger partial charge in [-0.1, -0.05) is 0 Å². The van der Waals surface area contributed by atoms with Crippen LogP contribution < -0.4 is 4.74 Å². The molecule has 0 aliphatic carbocycles. The summed E-state index contributed by atoms with van der Waals surface area (Å²) in [7, 11) is 1.70. The van der Waals surface area contributed by atoms with Crippen LogP contribution in [0.15, 0.2) is 24.3 Å². The van der Waals surface area contributed by atoms with Crippen molar-refractivity contribution in [2.24, 2.45) is 7.05 Å². The molecule has 7 heteroatoms. The maximum absolute atomic E-state index is 12.1. The molecule has 0 amide bonds. The number of carbonyl (C=O) groups excluding carboxylic acids is 2. The van der Waals surface area contributed by atoms with Crippen LogP contribution in [-0.2, 0) is 16.6 Å². The lowest BCUT2D eigenvalue weighted by Crippen LogP contribution is -2.21. The van der Waals surface area contributed by atoms with E-state index in [1.165, 1.54) is 0 Å². The van der Waals surface area contributed by atoms with E-state index >= 15 is 0 Å². The number of esters is 1. The predicted molar refractivity (Wildman–Crippen MR) is 84.6 cm³/mol. The van der Waals surface area contributed by atoms with Crippen LogP contribution in [-0.4, -0.2) is 34.7 Å². The number of ether oxygens (including phenoxy) is 2. The SMILES string of the molecule is Cc1nn(C)c(C)c1C(=O)C(=O)OCCOc1ccc(C#N)cc1. The molecule has 7 nitrogen and oxygen atoms in total. The minimum absolute atomic E-state index is 0.0526. The van der Waals surface area contributed by atoms with Crippen LogP contribution in [0.2, 0.25) is 0 Å². The Bertz CT molecular complexity index is 800. The van der Waals surface area contributed by atoms with Crippen molar-refractivity contribution >= 4 is 11.8 Å². The minimum atomic E-state index is -0.933. The van der Waals surface area contributed by atoms with Crippen LogP contribution in [0.3, 0.4) is 0 Å². The van der Waals surface area contributed by atoms with Crippen molar-refractivity contribution in [2.45, 2.75) is 13.8 Å². The molecule has 0 bridgehead atoms. The number of hydrogen-bond donors (Lipinski definition) is 0. The van der Waals surface area contributed by atoms with Crippen molar-refractivity contribution in [2.75, 3.05) is 13.2 Å². The molecule has 0 fully saturated rings. The van der Waals surface area contributed by atoms with Gasteiger partial charge < -0.3 is 9.47 Å². The maximum atomic E-state index is 12.1. The molecular weight excluding hydrogens is 310 g/mol. The predicted octanol–water partition coefficient (Wildman–Crippen LogP) is 1.71. The van der Waals surface area contributed by atoms with Gasteiger partial charge in [0.15, 0.2) is 0 Å². The Morgan fingerprint density at radius 3 is 2.42 bits per heavy atom. The van der Waals surface area contributed by atoms with Gasteiger partial charge in [0.05, 0.1) is 22.9 Å². The lowest BCUT2D eigenvalue weighted by atomic mass is 10.1. The molecule has 2 rings (SSSR count). The highest BCUT2D eigenvalue weighted by Crippen LogP contribution is 2.14. The lowest BCUT2D eigenvalue weighted by Gasteiger charge is -2.07. The van der Waals surface area contributed by atoms with E-state index in [1.807, 2.05) is 6.07 Å². The molecular formula is C17H17N3O4. The molecule has 124 valence electrons. The second-order valence-corrected chi connectivity index (χ2v) is 5.12. The van der Waals surface area contributed by atoms with E-state index in [9.17, 15) is 9.59 Å². The molecule has 0 spiro atoms. The Kier molecular flexibility index (Phi) is 5.32. The van der Waals surface area contributed by atoms with Crippen molar-refractivity contribution in [3.05, 3.63) is 46.8 Å². The number of nitriles is 1. The normalized spacial score (nSPS) is 10.1. The van der Waals surface area contributed by atoms with Gasteiger partial charge in [0.1, 0.15) is 19.0 Å². The largest absolute Gasteiger partial charge is 0.490 e. The number of aromatic nitrogens is 2. The van der Waals surface area contributed by atoms with Crippen LogP contribution >= 0.6 is 0 Å². The smallest absolute Gasteiger partial charge is 0.379 e. The lowest BCUT2D eigenvalue weighted by molar-refractivity contribution is -0.138. The standard InChI is InChI=1S/C17H17N3O4/c1-11-15(12(2)20(3)19-11)16(21)17(22)24-9-8-23-14-6-4-13(10-18)5-7-14/h4-7H,8-9H2,1-3H3. The van der Waals surface area contributed by atoms with Crippen molar-refractivity contribution < 1.29 is 19.1 Å². The molecule has 0 atom stereocenters. The van der Waals surface area contributed by atoms with E-state index in [1.54, 1.807) is 49.8 Å². The number of hydrogen-bond acceptors (Lipinski definition) is 6. The van der Waals surface area contributed by atoms with Crippen LogP contribution in [0.1, 0.15) is 27.3 Å². The molecule has 2 aromatic rings. The molecule has 24 heavy (non-hydrogen) atoms. The number of rotatable bonds is 6. The van der Waals surface area contributed by atoms with Crippen LogP contribution in [0.25, 0.3) is 0 Å². The number of benzene rings is 1. The van der Waals surface area contributed by atoms with E-state index in [2.05, 4.69) is 5.10 Å². The zero-order chi connectivity index (χ0) is 17.7. The van der Waals surface area contributed by atoms with E-state index in [0.717, 1.165) is 0 Å². The summed E-state index contributed by atoms with van der Waals surface area (Å²) in [6.45, 7) is 3.44. The van der Waals surface area contributed by atoms with Gasteiger partial charge in [-0.25, -0.2) is 4.79 Å². The number of ketones is 1. The average molecular weight is 327 g/mol. The highest BCUT2D eigenvalue weighted by molar-refractivity contribution is 6.41. The molecule has 0 aliphatic heterocycles. The van der Waals surface area contributed by atoms with Crippen molar-refractivity contribution in [3.63, 3.8) is 0 Å². The zero-order valence-electron chi connectivity index (χ0n) is 13.7. The first-order chi connectivity index (χ1) is 11.4. The number of aryl methyl sites for hydroxylation is 2. The van der Waals surface area contributed by atoms with E-state index < -0.39 is 11.8 Å². The van der Waals surface area contributed by atoms with Crippen molar-refractivity contribution in [1.29, 1.82) is 5.26 Å². The molecule has 0 unspecified atom stereocenters. The van der Waals surface area contributed by atoms with E-state index in [4.69, 9.17) is 14.7 Å². The third-order valence-electron chi connectivity index (χ3n) is 3.49. The van der Waals surface area contributed by atoms with Gasteiger partial charge in [-0.3, -0.25) is 9.48 Å². The summed E-state index contributed by atoms with van der Waals surface area (Å²) in [4.78, 5) is 24.0. The average Bonchev–Trinajstić information content (AvgIpc) is 2.83. The fourth-order valence-corrected chi connectivity index (χ4v) is 2.19. The molecule has 0 aliphatic rings. The molecule has 0 radical (unpaired) electrons. The summed E-state index contributed by atoms with van der Waals surface area (Å²) in [5, 5.41) is 12.8. The summed E-state index contributed by atoms with van der Waals surface area (Å²) < 4.78 is 11.9. The van der Waals surface area contributed by atoms with Gasteiger partial charge in [0.25, 0.3) is 5.78 Å². The van der Waals surface area contributed by atoms with Gasteiger partial charge in [0.2, 0.25) is 0 Å². The summed E-state index contributed by atoms with van der Waals surface area (Å²) in [6, 6.07) is 8.55. The van der Waals surface area contributed by atoms with E-state index in [0.29, 0.717) is 22.7 Å². The topological polar surface area (TPSA) is 94.2 Å². The number of nitrogens with zero attached hydrogens (tertiary/aromatic N) is 3. The summed E-state index contributed by atoms with van der Waals surface area (Å²) in [5.41, 5.74) is 1.91. The summed E-state index contributed by atoms with van der Waals surface area (Å²) in [5.74, 6) is -1.09. The van der Waals surface area contributed by atoms with Gasteiger partial charge in [-0.15, -0.1) is 0 Å². The monoisotopic (exact) mass is 327 g/mol.